The summed E-state index contributed by atoms with van der Waals surface area (Å²) in [5.74, 6) is 1.41. The molecular weight excluding hydrogens is 386 g/mol. The number of nitrogens with zero attached hydrogens (tertiary/aromatic N) is 2. The Balaban J connectivity index is 1.36. The highest BCUT2D eigenvalue weighted by molar-refractivity contribution is 7.12. The number of hydrogen-bond donors (Lipinski definition) is 1. The maximum absolute atomic E-state index is 12.3. The molecule has 0 fully saturated rings. The fourth-order valence-corrected chi connectivity index (χ4v) is 3.63. The van der Waals surface area contributed by atoms with Crippen molar-refractivity contribution in [3.05, 3.63) is 81.9 Å². The van der Waals surface area contributed by atoms with E-state index in [1.54, 1.807) is 24.3 Å². The van der Waals surface area contributed by atoms with E-state index >= 15 is 0 Å². The number of thiophene rings is 1. The van der Waals surface area contributed by atoms with Crippen molar-refractivity contribution in [2.24, 2.45) is 0 Å². The Hall–Kier alpha value is -3.45. The lowest BCUT2D eigenvalue weighted by Gasteiger charge is -2.07. The average Bonchev–Trinajstić information content (AvgIpc) is 3.37. The first-order valence-electron chi connectivity index (χ1n) is 9.07. The number of benzene rings is 2. The summed E-state index contributed by atoms with van der Waals surface area (Å²) in [6.45, 7) is 4.08. The molecule has 2 aromatic carbocycles. The minimum absolute atomic E-state index is 0.110. The molecule has 7 heteroatoms. The Kier molecular flexibility index (Phi) is 5.39. The molecule has 4 rings (SSSR count). The number of carbonyl (C=O) groups is 1. The van der Waals surface area contributed by atoms with Crippen LogP contribution in [0.15, 0.2) is 64.4 Å². The Morgan fingerprint density at radius 1 is 1.03 bits per heavy atom. The Bertz CT molecular complexity index is 1130. The number of amides is 1. The molecule has 0 unspecified atom stereocenters. The van der Waals surface area contributed by atoms with E-state index in [0.29, 0.717) is 28.1 Å². The van der Waals surface area contributed by atoms with Gasteiger partial charge in [0.15, 0.2) is 6.61 Å². The van der Waals surface area contributed by atoms with Crippen LogP contribution in [0, 0.1) is 13.8 Å². The highest BCUT2D eigenvalue weighted by atomic mass is 32.1. The van der Waals surface area contributed by atoms with Crippen LogP contribution in [0.4, 0.5) is 5.69 Å². The van der Waals surface area contributed by atoms with E-state index < -0.39 is 0 Å². The van der Waals surface area contributed by atoms with Crippen LogP contribution < -0.4 is 10.1 Å². The highest BCUT2D eigenvalue weighted by Crippen LogP contribution is 2.23. The maximum Gasteiger partial charge on any atom is 0.265 e. The molecule has 6 nitrogen and oxygen atoms in total. The van der Waals surface area contributed by atoms with Gasteiger partial charge < -0.3 is 14.5 Å². The summed E-state index contributed by atoms with van der Waals surface area (Å²) in [4.78, 5) is 13.0. The van der Waals surface area contributed by atoms with E-state index in [1.807, 2.05) is 49.6 Å². The van der Waals surface area contributed by atoms with E-state index in [0.717, 1.165) is 16.7 Å². The van der Waals surface area contributed by atoms with Crippen LogP contribution in [0.2, 0.25) is 0 Å². The SMILES string of the molecule is Cc1ccccc1-c1nnc(COc2ccc(NC(=O)c3sccc3C)cc2)o1. The van der Waals surface area contributed by atoms with Gasteiger partial charge in [-0.25, -0.2) is 0 Å². The highest BCUT2D eigenvalue weighted by Gasteiger charge is 2.12. The second-order valence-electron chi connectivity index (χ2n) is 6.52. The molecule has 29 heavy (non-hydrogen) atoms. The van der Waals surface area contributed by atoms with Crippen molar-refractivity contribution in [2.45, 2.75) is 20.5 Å². The maximum atomic E-state index is 12.3. The van der Waals surface area contributed by atoms with Gasteiger partial charge in [0, 0.05) is 11.3 Å². The van der Waals surface area contributed by atoms with E-state index in [2.05, 4.69) is 15.5 Å². The summed E-state index contributed by atoms with van der Waals surface area (Å²) in [7, 11) is 0. The Labute approximate surface area is 172 Å². The Morgan fingerprint density at radius 3 is 2.55 bits per heavy atom. The van der Waals surface area contributed by atoms with Crippen LogP contribution in [0.5, 0.6) is 5.75 Å². The van der Waals surface area contributed by atoms with Gasteiger partial charge in [-0.05, 0) is 66.8 Å². The predicted octanol–water partition coefficient (Wildman–Crippen LogP) is 5.25. The van der Waals surface area contributed by atoms with Gasteiger partial charge in [-0.2, -0.15) is 0 Å². The summed E-state index contributed by atoms with van der Waals surface area (Å²) < 4.78 is 11.4. The molecule has 0 atom stereocenters. The van der Waals surface area contributed by atoms with E-state index in [4.69, 9.17) is 9.15 Å². The fourth-order valence-electron chi connectivity index (χ4n) is 2.81. The molecular formula is C22H19N3O3S. The first-order valence-corrected chi connectivity index (χ1v) is 9.95. The summed E-state index contributed by atoms with van der Waals surface area (Å²) in [6.07, 6.45) is 0. The van der Waals surface area contributed by atoms with Crippen molar-refractivity contribution in [2.75, 3.05) is 5.32 Å². The van der Waals surface area contributed by atoms with Crippen LogP contribution in [-0.2, 0) is 6.61 Å². The van der Waals surface area contributed by atoms with E-state index in [-0.39, 0.29) is 12.5 Å². The quantitative estimate of drug-likeness (QED) is 0.474. The molecule has 0 aliphatic rings. The summed E-state index contributed by atoms with van der Waals surface area (Å²) >= 11 is 1.43. The molecule has 4 aromatic rings. The molecule has 0 aliphatic carbocycles. The van der Waals surface area contributed by atoms with Crippen LogP contribution in [0.3, 0.4) is 0 Å². The lowest BCUT2D eigenvalue weighted by Crippen LogP contribution is -2.11. The van der Waals surface area contributed by atoms with Crippen molar-refractivity contribution in [3.63, 3.8) is 0 Å². The van der Waals surface area contributed by atoms with Crippen LogP contribution in [0.25, 0.3) is 11.5 Å². The number of aromatic nitrogens is 2. The van der Waals surface area contributed by atoms with Gasteiger partial charge in [0.05, 0.1) is 4.88 Å². The van der Waals surface area contributed by atoms with Crippen molar-refractivity contribution >= 4 is 22.9 Å². The fraction of sp³-hybridized carbons (Fsp3) is 0.136. The standard InChI is InChI=1S/C22H19N3O3S/c1-14-5-3-4-6-18(14)22-25-24-19(28-22)13-27-17-9-7-16(8-10-17)23-21(26)20-15(2)11-12-29-20/h3-12H,13H2,1-2H3,(H,23,26). The van der Waals surface area contributed by atoms with Crippen molar-refractivity contribution in [1.82, 2.24) is 10.2 Å². The average molecular weight is 405 g/mol. The predicted molar refractivity (Wildman–Crippen MR) is 112 cm³/mol. The van der Waals surface area contributed by atoms with E-state index in [9.17, 15) is 4.79 Å². The first-order chi connectivity index (χ1) is 14.1. The van der Waals surface area contributed by atoms with Crippen molar-refractivity contribution in [1.29, 1.82) is 0 Å². The monoisotopic (exact) mass is 405 g/mol. The molecule has 1 amide bonds. The third kappa shape index (κ3) is 4.35. The number of anilines is 1. The molecule has 0 radical (unpaired) electrons. The third-order valence-corrected chi connectivity index (χ3v) is 5.40. The minimum Gasteiger partial charge on any atom is -0.484 e. The number of rotatable bonds is 6. The smallest absolute Gasteiger partial charge is 0.265 e. The van der Waals surface area contributed by atoms with Gasteiger partial charge in [0.2, 0.25) is 5.89 Å². The van der Waals surface area contributed by atoms with Gasteiger partial charge in [-0.3, -0.25) is 4.79 Å². The van der Waals surface area contributed by atoms with Crippen molar-refractivity contribution in [3.8, 4) is 17.2 Å². The molecule has 2 heterocycles. The lowest BCUT2D eigenvalue weighted by molar-refractivity contribution is 0.103. The van der Waals surface area contributed by atoms with Gasteiger partial charge >= 0.3 is 0 Å². The zero-order chi connectivity index (χ0) is 20.2. The summed E-state index contributed by atoms with van der Waals surface area (Å²) in [5.41, 5.74) is 3.65. The second kappa shape index (κ2) is 8.28. The molecule has 0 spiro atoms. The molecule has 146 valence electrons. The van der Waals surface area contributed by atoms with Gasteiger partial charge in [-0.1, -0.05) is 18.2 Å². The van der Waals surface area contributed by atoms with Crippen LogP contribution in [-0.4, -0.2) is 16.1 Å². The third-order valence-electron chi connectivity index (χ3n) is 4.39. The minimum atomic E-state index is -0.110. The molecule has 0 aliphatic heterocycles. The molecule has 0 saturated heterocycles. The zero-order valence-corrected chi connectivity index (χ0v) is 16.8. The number of ether oxygens (including phenoxy) is 1. The first kappa shape index (κ1) is 18.9. The van der Waals surface area contributed by atoms with Gasteiger partial charge in [-0.15, -0.1) is 21.5 Å². The van der Waals surface area contributed by atoms with Crippen LogP contribution in [0.1, 0.15) is 26.7 Å². The molecule has 1 N–H and O–H groups in total. The number of carbonyl (C=O) groups excluding carboxylic acids is 1. The van der Waals surface area contributed by atoms with Gasteiger partial charge in [0.1, 0.15) is 5.75 Å². The lowest BCUT2D eigenvalue weighted by atomic mass is 10.1. The zero-order valence-electron chi connectivity index (χ0n) is 16.0. The topological polar surface area (TPSA) is 77.3 Å². The number of nitrogens with one attached hydrogen (secondary N) is 1. The number of hydrogen-bond acceptors (Lipinski definition) is 6. The molecule has 0 bridgehead atoms. The summed E-state index contributed by atoms with van der Waals surface area (Å²) in [5, 5.41) is 12.9. The normalized spacial score (nSPS) is 10.7. The number of aryl methyl sites for hydroxylation is 2. The molecule has 0 saturated carbocycles. The van der Waals surface area contributed by atoms with Gasteiger partial charge in [0.25, 0.3) is 11.8 Å². The second-order valence-corrected chi connectivity index (χ2v) is 7.43. The largest absolute Gasteiger partial charge is 0.484 e. The Morgan fingerprint density at radius 2 is 1.83 bits per heavy atom. The molecule has 2 aromatic heterocycles. The van der Waals surface area contributed by atoms with Crippen LogP contribution >= 0.6 is 11.3 Å². The van der Waals surface area contributed by atoms with Crippen molar-refractivity contribution < 1.29 is 13.9 Å². The summed E-state index contributed by atoms with van der Waals surface area (Å²) in [6, 6.07) is 16.9. The van der Waals surface area contributed by atoms with E-state index in [1.165, 1.54) is 11.3 Å².